The van der Waals surface area contributed by atoms with Crippen molar-refractivity contribution in [1.29, 1.82) is 0 Å². The van der Waals surface area contributed by atoms with Gasteiger partial charge in [-0.3, -0.25) is 4.79 Å². The summed E-state index contributed by atoms with van der Waals surface area (Å²) in [4.78, 5) is 12.8. The SMILES string of the molecule is CC1CCC(C(C)C)C(=O)/C1=C\c1ccc(OCc2ccccc2)cc1. The van der Waals surface area contributed by atoms with Gasteiger partial charge in [-0.15, -0.1) is 0 Å². The van der Waals surface area contributed by atoms with Crippen LogP contribution in [0.15, 0.2) is 60.2 Å². The van der Waals surface area contributed by atoms with E-state index in [-0.39, 0.29) is 5.92 Å². The molecule has 3 rings (SSSR count). The van der Waals surface area contributed by atoms with Crippen molar-refractivity contribution >= 4 is 11.9 Å². The van der Waals surface area contributed by atoms with Gasteiger partial charge >= 0.3 is 0 Å². The summed E-state index contributed by atoms with van der Waals surface area (Å²) in [6, 6.07) is 18.2. The number of carbonyl (C=O) groups is 1. The van der Waals surface area contributed by atoms with Gasteiger partial charge in [0.2, 0.25) is 0 Å². The van der Waals surface area contributed by atoms with Crippen LogP contribution in [-0.4, -0.2) is 5.78 Å². The van der Waals surface area contributed by atoms with E-state index in [2.05, 4.69) is 39.0 Å². The largest absolute Gasteiger partial charge is 0.489 e. The van der Waals surface area contributed by atoms with E-state index >= 15 is 0 Å². The molecule has 0 spiro atoms. The van der Waals surface area contributed by atoms with Crippen molar-refractivity contribution in [3.05, 3.63) is 71.3 Å². The van der Waals surface area contributed by atoms with Crippen molar-refractivity contribution in [1.82, 2.24) is 0 Å². The van der Waals surface area contributed by atoms with E-state index in [1.165, 1.54) is 0 Å². The second-order valence-corrected chi connectivity index (χ2v) is 7.64. The molecule has 2 aromatic carbocycles. The number of ether oxygens (including phenoxy) is 1. The zero-order valence-corrected chi connectivity index (χ0v) is 15.9. The van der Waals surface area contributed by atoms with Gasteiger partial charge in [-0.1, -0.05) is 63.2 Å². The fourth-order valence-corrected chi connectivity index (χ4v) is 3.60. The van der Waals surface area contributed by atoms with Gasteiger partial charge < -0.3 is 4.74 Å². The predicted octanol–water partition coefficient (Wildman–Crippen LogP) is 5.92. The Bertz CT molecular complexity index is 757. The number of hydrogen-bond donors (Lipinski definition) is 0. The van der Waals surface area contributed by atoms with Crippen LogP contribution in [0.4, 0.5) is 0 Å². The van der Waals surface area contributed by atoms with Crippen molar-refractivity contribution in [2.75, 3.05) is 0 Å². The summed E-state index contributed by atoms with van der Waals surface area (Å²) >= 11 is 0. The molecule has 0 radical (unpaired) electrons. The maximum absolute atomic E-state index is 12.8. The monoisotopic (exact) mass is 348 g/mol. The molecule has 1 aliphatic carbocycles. The van der Waals surface area contributed by atoms with E-state index in [9.17, 15) is 4.79 Å². The molecule has 0 heterocycles. The number of Topliss-reactive ketones (excluding diaryl/α,β-unsaturated/α-hetero) is 1. The van der Waals surface area contributed by atoms with Crippen molar-refractivity contribution in [3.8, 4) is 5.75 Å². The third kappa shape index (κ3) is 4.43. The zero-order valence-electron chi connectivity index (χ0n) is 15.9. The van der Waals surface area contributed by atoms with Gasteiger partial charge in [0.05, 0.1) is 0 Å². The van der Waals surface area contributed by atoms with E-state index < -0.39 is 0 Å². The van der Waals surface area contributed by atoms with Gasteiger partial charge in [0.15, 0.2) is 5.78 Å². The maximum Gasteiger partial charge on any atom is 0.162 e. The highest BCUT2D eigenvalue weighted by molar-refractivity contribution is 6.02. The summed E-state index contributed by atoms with van der Waals surface area (Å²) in [5, 5.41) is 0. The minimum atomic E-state index is 0.172. The second-order valence-electron chi connectivity index (χ2n) is 7.64. The minimum absolute atomic E-state index is 0.172. The molecule has 1 saturated carbocycles. The average Bonchev–Trinajstić information content (AvgIpc) is 2.65. The van der Waals surface area contributed by atoms with Crippen molar-refractivity contribution in [2.24, 2.45) is 17.8 Å². The minimum Gasteiger partial charge on any atom is -0.489 e. The molecule has 2 unspecified atom stereocenters. The van der Waals surface area contributed by atoms with Crippen molar-refractivity contribution < 1.29 is 9.53 Å². The van der Waals surface area contributed by atoms with Gasteiger partial charge in [0.25, 0.3) is 0 Å². The standard InChI is InChI=1S/C24H28O2/c1-17(2)22-14-9-18(3)23(24(22)25)15-19-10-12-21(13-11-19)26-16-20-7-5-4-6-8-20/h4-8,10-13,15,17-18,22H,9,14,16H2,1-3H3/b23-15-. The van der Waals surface area contributed by atoms with Gasteiger partial charge in [-0.25, -0.2) is 0 Å². The molecule has 2 aromatic rings. The smallest absolute Gasteiger partial charge is 0.162 e. The lowest BCUT2D eigenvalue weighted by Crippen LogP contribution is -2.30. The molecule has 0 N–H and O–H groups in total. The Labute approximate surface area is 156 Å². The van der Waals surface area contributed by atoms with E-state index in [0.29, 0.717) is 24.2 Å². The molecule has 1 fully saturated rings. The molecule has 26 heavy (non-hydrogen) atoms. The van der Waals surface area contributed by atoms with Crippen LogP contribution in [0.3, 0.4) is 0 Å². The average molecular weight is 348 g/mol. The van der Waals surface area contributed by atoms with Gasteiger partial charge in [-0.2, -0.15) is 0 Å². The van der Waals surface area contributed by atoms with Crippen LogP contribution >= 0.6 is 0 Å². The van der Waals surface area contributed by atoms with Crippen molar-refractivity contribution in [3.63, 3.8) is 0 Å². The van der Waals surface area contributed by atoms with E-state index in [4.69, 9.17) is 4.74 Å². The molecular weight excluding hydrogens is 320 g/mol. The van der Waals surface area contributed by atoms with Crippen LogP contribution in [0.25, 0.3) is 6.08 Å². The number of rotatable bonds is 5. The Morgan fingerprint density at radius 2 is 1.73 bits per heavy atom. The molecule has 0 saturated heterocycles. The molecular formula is C24H28O2. The first-order chi connectivity index (χ1) is 12.5. The Hall–Kier alpha value is -2.35. The fraction of sp³-hybridized carbons (Fsp3) is 0.375. The summed E-state index contributed by atoms with van der Waals surface area (Å²) in [7, 11) is 0. The van der Waals surface area contributed by atoms with E-state index in [1.807, 2.05) is 42.5 Å². The number of allylic oxidation sites excluding steroid dienone is 1. The topological polar surface area (TPSA) is 26.3 Å². The maximum atomic E-state index is 12.8. The van der Waals surface area contributed by atoms with Crippen LogP contribution < -0.4 is 4.74 Å². The van der Waals surface area contributed by atoms with Crippen LogP contribution in [0.5, 0.6) is 5.75 Å². The molecule has 2 nitrogen and oxygen atoms in total. The van der Waals surface area contributed by atoms with Crippen LogP contribution in [0.1, 0.15) is 44.7 Å². The van der Waals surface area contributed by atoms with E-state index in [0.717, 1.165) is 35.3 Å². The van der Waals surface area contributed by atoms with Gasteiger partial charge in [-0.05, 0) is 59.6 Å². The first-order valence-corrected chi connectivity index (χ1v) is 9.57. The lowest BCUT2D eigenvalue weighted by Gasteiger charge is -2.30. The summed E-state index contributed by atoms with van der Waals surface area (Å²) in [5.41, 5.74) is 3.20. The molecule has 0 aromatic heterocycles. The predicted molar refractivity (Wildman–Crippen MR) is 107 cm³/mol. The fourth-order valence-electron chi connectivity index (χ4n) is 3.60. The lowest BCUT2D eigenvalue weighted by molar-refractivity contribution is -0.122. The molecule has 1 aliphatic rings. The second kappa shape index (κ2) is 8.35. The highest BCUT2D eigenvalue weighted by Gasteiger charge is 2.32. The quantitative estimate of drug-likeness (QED) is 0.627. The number of carbonyl (C=O) groups excluding carboxylic acids is 1. The highest BCUT2D eigenvalue weighted by Crippen LogP contribution is 2.35. The molecule has 2 atom stereocenters. The normalized spacial score (nSPS) is 22.0. The Morgan fingerprint density at radius 1 is 1.04 bits per heavy atom. The van der Waals surface area contributed by atoms with Crippen LogP contribution in [0.2, 0.25) is 0 Å². The Kier molecular flexibility index (Phi) is 5.92. The zero-order chi connectivity index (χ0) is 18.5. The molecule has 136 valence electrons. The molecule has 0 bridgehead atoms. The summed E-state index contributed by atoms with van der Waals surface area (Å²) in [5.74, 6) is 2.10. The Morgan fingerprint density at radius 3 is 2.38 bits per heavy atom. The van der Waals surface area contributed by atoms with Crippen LogP contribution in [-0.2, 0) is 11.4 Å². The number of hydrogen-bond acceptors (Lipinski definition) is 2. The molecule has 0 amide bonds. The van der Waals surface area contributed by atoms with Gasteiger partial charge in [0.1, 0.15) is 12.4 Å². The molecule has 2 heteroatoms. The first kappa shape index (κ1) is 18.4. The van der Waals surface area contributed by atoms with Crippen molar-refractivity contribution in [2.45, 2.75) is 40.2 Å². The number of benzene rings is 2. The first-order valence-electron chi connectivity index (χ1n) is 9.57. The van der Waals surface area contributed by atoms with E-state index in [1.54, 1.807) is 0 Å². The summed E-state index contributed by atoms with van der Waals surface area (Å²) in [6.07, 6.45) is 4.18. The Balaban J connectivity index is 1.69. The highest BCUT2D eigenvalue weighted by atomic mass is 16.5. The molecule has 0 aliphatic heterocycles. The van der Waals surface area contributed by atoms with Crippen LogP contribution in [0, 0.1) is 17.8 Å². The van der Waals surface area contributed by atoms with Gasteiger partial charge in [0, 0.05) is 5.92 Å². The third-order valence-electron chi connectivity index (χ3n) is 5.32. The lowest BCUT2D eigenvalue weighted by atomic mass is 9.73. The summed E-state index contributed by atoms with van der Waals surface area (Å²) in [6.45, 7) is 7.02. The summed E-state index contributed by atoms with van der Waals surface area (Å²) < 4.78 is 5.84. The third-order valence-corrected chi connectivity index (χ3v) is 5.32. The number of ketones is 1.